The van der Waals surface area contributed by atoms with E-state index in [-0.39, 0.29) is 17.3 Å². The maximum Gasteiger partial charge on any atom is 0.425 e. The summed E-state index contributed by atoms with van der Waals surface area (Å²) in [6.07, 6.45) is -6.42. The minimum atomic E-state index is -4.46. The average Bonchev–Trinajstić information content (AvgIpc) is 2.14. The molecule has 1 heterocycles. The van der Waals surface area contributed by atoms with Crippen molar-refractivity contribution in [2.45, 2.75) is 26.1 Å². The molecule has 1 rings (SSSR count). The van der Waals surface area contributed by atoms with E-state index in [2.05, 4.69) is 9.72 Å². The van der Waals surface area contributed by atoms with Crippen molar-refractivity contribution in [2.24, 2.45) is 5.73 Å². The van der Waals surface area contributed by atoms with E-state index >= 15 is 0 Å². The van der Waals surface area contributed by atoms with Gasteiger partial charge >= 0.3 is 6.18 Å². The van der Waals surface area contributed by atoms with Gasteiger partial charge < -0.3 is 10.5 Å². The minimum absolute atomic E-state index is 0.194. The molecule has 0 fully saturated rings. The number of hydrogen-bond acceptors (Lipinski definition) is 3. The summed E-state index contributed by atoms with van der Waals surface area (Å²) < 4.78 is 41.5. The summed E-state index contributed by atoms with van der Waals surface area (Å²) in [5.74, 6) is -0.444. The molecule has 17 heavy (non-hydrogen) atoms. The maximum atomic E-state index is 12.3. The van der Waals surface area contributed by atoms with Gasteiger partial charge in [-0.25, -0.2) is 4.98 Å². The van der Waals surface area contributed by atoms with Crippen molar-refractivity contribution < 1.29 is 17.9 Å². The van der Waals surface area contributed by atoms with Gasteiger partial charge in [0.15, 0.2) is 6.10 Å². The predicted molar refractivity (Wildman–Crippen MR) is 56.1 cm³/mol. The van der Waals surface area contributed by atoms with E-state index in [1.165, 1.54) is 12.1 Å². The molecule has 0 aromatic carbocycles. The normalized spacial score (nSPS) is 13.2. The fourth-order valence-corrected chi connectivity index (χ4v) is 1.10. The summed E-state index contributed by atoms with van der Waals surface area (Å²) in [4.78, 5) is 3.80. The molecule has 0 amide bonds. The topological polar surface area (TPSA) is 72.0 Å². The smallest absolute Gasteiger partial charge is 0.425 e. The summed E-state index contributed by atoms with van der Waals surface area (Å²) >= 11 is 0. The Morgan fingerprint density at radius 1 is 1.47 bits per heavy atom. The number of nitrogen functional groups attached to an aromatic ring is 1. The molecule has 0 spiro atoms. The highest BCUT2D eigenvalue weighted by molar-refractivity contribution is 5.95. The Bertz CT molecular complexity index is 431. The van der Waals surface area contributed by atoms with Crippen molar-refractivity contribution >= 4 is 5.84 Å². The number of nitrogens with zero attached hydrogens (tertiary/aromatic N) is 1. The first-order chi connectivity index (χ1) is 7.70. The second kappa shape index (κ2) is 4.60. The van der Waals surface area contributed by atoms with Gasteiger partial charge in [-0.3, -0.25) is 5.41 Å². The number of aryl methyl sites for hydroxylation is 1. The van der Waals surface area contributed by atoms with Crippen LogP contribution in [-0.4, -0.2) is 23.1 Å². The molecule has 0 aliphatic carbocycles. The number of hydrogen-bond donors (Lipinski definition) is 2. The zero-order chi connectivity index (χ0) is 13.2. The van der Waals surface area contributed by atoms with Gasteiger partial charge in [-0.1, -0.05) is 0 Å². The van der Waals surface area contributed by atoms with Gasteiger partial charge in [-0.15, -0.1) is 0 Å². The van der Waals surface area contributed by atoms with Crippen molar-refractivity contribution in [2.75, 3.05) is 0 Å². The first kappa shape index (κ1) is 13.3. The third-order valence-corrected chi connectivity index (χ3v) is 2.00. The van der Waals surface area contributed by atoms with Crippen molar-refractivity contribution in [3.63, 3.8) is 0 Å². The van der Waals surface area contributed by atoms with Crippen molar-refractivity contribution in [1.82, 2.24) is 4.98 Å². The first-order valence-corrected chi connectivity index (χ1v) is 4.76. The Hall–Kier alpha value is -1.79. The van der Waals surface area contributed by atoms with Crippen molar-refractivity contribution in [3.05, 3.63) is 23.4 Å². The third-order valence-electron chi connectivity index (χ3n) is 2.00. The zero-order valence-corrected chi connectivity index (χ0v) is 9.30. The highest BCUT2D eigenvalue weighted by Gasteiger charge is 2.38. The summed E-state index contributed by atoms with van der Waals surface area (Å²) in [6.45, 7) is 2.47. The molecule has 0 saturated heterocycles. The highest BCUT2D eigenvalue weighted by Crippen LogP contribution is 2.24. The molecule has 0 radical (unpaired) electrons. The summed E-state index contributed by atoms with van der Waals surface area (Å²) in [6, 6.07) is 2.70. The highest BCUT2D eigenvalue weighted by atomic mass is 19.4. The maximum absolute atomic E-state index is 12.3. The van der Waals surface area contributed by atoms with Gasteiger partial charge in [0, 0.05) is 17.3 Å². The average molecular weight is 247 g/mol. The van der Waals surface area contributed by atoms with Crippen LogP contribution >= 0.6 is 0 Å². The van der Waals surface area contributed by atoms with E-state index in [0.717, 1.165) is 6.92 Å². The number of aromatic nitrogens is 1. The van der Waals surface area contributed by atoms with Crippen LogP contribution in [0.5, 0.6) is 5.88 Å². The van der Waals surface area contributed by atoms with E-state index < -0.39 is 12.3 Å². The third kappa shape index (κ3) is 3.61. The number of pyridine rings is 1. The lowest BCUT2D eigenvalue weighted by Crippen LogP contribution is -2.31. The molecule has 0 saturated carbocycles. The SMILES string of the molecule is Cc1cc(C(=N)N)cc(OC(C)C(F)(F)F)n1. The second-order valence-electron chi connectivity index (χ2n) is 3.55. The molecule has 4 nitrogen and oxygen atoms in total. The lowest BCUT2D eigenvalue weighted by Gasteiger charge is -2.17. The first-order valence-electron chi connectivity index (χ1n) is 4.76. The van der Waals surface area contributed by atoms with E-state index in [1.54, 1.807) is 6.92 Å². The molecule has 7 heteroatoms. The molecule has 1 aromatic rings. The molecule has 0 aliphatic heterocycles. The van der Waals surface area contributed by atoms with Crippen LogP contribution < -0.4 is 10.5 Å². The number of alkyl halides is 3. The van der Waals surface area contributed by atoms with Crippen LogP contribution in [0.25, 0.3) is 0 Å². The second-order valence-corrected chi connectivity index (χ2v) is 3.55. The Kier molecular flexibility index (Phi) is 3.59. The number of nitrogens with one attached hydrogen (secondary N) is 1. The summed E-state index contributed by atoms with van der Waals surface area (Å²) in [5, 5.41) is 7.21. The van der Waals surface area contributed by atoms with Gasteiger partial charge in [0.2, 0.25) is 5.88 Å². The van der Waals surface area contributed by atoms with E-state index in [4.69, 9.17) is 11.1 Å². The van der Waals surface area contributed by atoms with Gasteiger partial charge in [0.05, 0.1) is 0 Å². The van der Waals surface area contributed by atoms with Crippen molar-refractivity contribution in [1.29, 1.82) is 5.41 Å². The van der Waals surface area contributed by atoms with Crippen LogP contribution in [0.2, 0.25) is 0 Å². The summed E-state index contributed by atoms with van der Waals surface area (Å²) in [5.41, 5.74) is 5.96. The van der Waals surface area contributed by atoms with E-state index in [0.29, 0.717) is 5.69 Å². The number of nitrogens with two attached hydrogens (primary N) is 1. The molecule has 0 bridgehead atoms. The largest absolute Gasteiger partial charge is 0.465 e. The van der Waals surface area contributed by atoms with Crippen LogP contribution in [0.4, 0.5) is 13.2 Å². The van der Waals surface area contributed by atoms with Gasteiger partial charge in [0.1, 0.15) is 5.84 Å². The van der Waals surface area contributed by atoms with Gasteiger partial charge in [-0.2, -0.15) is 13.2 Å². The molecular formula is C10H12F3N3O. The number of ether oxygens (including phenoxy) is 1. The zero-order valence-electron chi connectivity index (χ0n) is 9.30. The van der Waals surface area contributed by atoms with Crippen molar-refractivity contribution in [3.8, 4) is 5.88 Å². The van der Waals surface area contributed by atoms with Gasteiger partial charge in [0.25, 0.3) is 0 Å². The lowest BCUT2D eigenvalue weighted by atomic mass is 10.2. The van der Waals surface area contributed by atoms with E-state index in [1.807, 2.05) is 0 Å². The standard InChI is InChI=1S/C10H12F3N3O/c1-5-3-7(9(14)15)4-8(16-5)17-6(2)10(11,12)13/h3-4,6H,1-2H3,(H3,14,15). The minimum Gasteiger partial charge on any atom is -0.465 e. The Balaban J connectivity index is 2.96. The van der Waals surface area contributed by atoms with Crippen LogP contribution in [0.15, 0.2) is 12.1 Å². The molecule has 3 N–H and O–H groups in total. The fourth-order valence-electron chi connectivity index (χ4n) is 1.10. The van der Waals surface area contributed by atoms with Crippen LogP contribution in [0.3, 0.4) is 0 Å². The Labute approximate surface area is 96.1 Å². The van der Waals surface area contributed by atoms with Crippen LogP contribution in [-0.2, 0) is 0 Å². The monoisotopic (exact) mass is 247 g/mol. The number of halogens is 3. The van der Waals surface area contributed by atoms with Gasteiger partial charge in [-0.05, 0) is 19.9 Å². The fraction of sp³-hybridized carbons (Fsp3) is 0.400. The molecular weight excluding hydrogens is 235 g/mol. The quantitative estimate of drug-likeness (QED) is 0.633. The van der Waals surface area contributed by atoms with Crippen LogP contribution in [0.1, 0.15) is 18.2 Å². The molecule has 1 atom stereocenters. The Morgan fingerprint density at radius 3 is 2.53 bits per heavy atom. The predicted octanol–water partition coefficient (Wildman–Crippen LogP) is 2.00. The number of rotatable bonds is 3. The molecule has 1 aromatic heterocycles. The lowest BCUT2D eigenvalue weighted by molar-refractivity contribution is -0.190. The molecule has 94 valence electrons. The molecule has 1 unspecified atom stereocenters. The Morgan fingerprint density at radius 2 is 2.06 bits per heavy atom. The molecule has 0 aliphatic rings. The van der Waals surface area contributed by atoms with E-state index in [9.17, 15) is 13.2 Å². The summed E-state index contributed by atoms with van der Waals surface area (Å²) in [7, 11) is 0. The number of amidine groups is 1. The van der Waals surface area contributed by atoms with Crippen LogP contribution in [0, 0.1) is 12.3 Å².